The van der Waals surface area contributed by atoms with Crippen LogP contribution in [0.4, 0.5) is 5.69 Å². The molecule has 3 heteroatoms. The number of benzene rings is 1. The minimum Gasteiger partial charge on any atom is -0.365 e. The number of anilines is 1. The summed E-state index contributed by atoms with van der Waals surface area (Å²) in [4.78, 5) is 5.23. The smallest absolute Gasteiger partial charge is 0.0983 e. The van der Waals surface area contributed by atoms with Crippen LogP contribution in [0.25, 0.3) is 0 Å². The van der Waals surface area contributed by atoms with E-state index in [2.05, 4.69) is 66.4 Å². The highest BCUT2D eigenvalue weighted by Gasteiger charge is 2.43. The standard InChI is InChI=1S/C22H31N3/c1-15(2)18-6-5-7-19(12-18)25-20-8-9-21(25)14-22(13-20)24-11-10-16(3)23-17(24)4/h5-7,12,15,20-23H,3-4,8-11,13-14H2,1-2H3. The summed E-state index contributed by atoms with van der Waals surface area (Å²) in [6.45, 7) is 13.9. The molecule has 3 nitrogen and oxygen atoms in total. The monoisotopic (exact) mass is 337 g/mol. The molecule has 0 radical (unpaired) electrons. The number of nitrogens with zero attached hydrogens (tertiary/aromatic N) is 2. The van der Waals surface area contributed by atoms with Crippen molar-refractivity contribution in [2.24, 2.45) is 0 Å². The predicted molar refractivity (Wildman–Crippen MR) is 106 cm³/mol. The van der Waals surface area contributed by atoms with Gasteiger partial charge in [-0.1, -0.05) is 39.1 Å². The van der Waals surface area contributed by atoms with Gasteiger partial charge in [-0.05, 0) is 49.3 Å². The molecular weight excluding hydrogens is 306 g/mol. The Balaban J connectivity index is 1.52. The molecular formula is C22H31N3. The Morgan fingerprint density at radius 1 is 1.08 bits per heavy atom. The molecule has 1 aromatic rings. The fourth-order valence-corrected chi connectivity index (χ4v) is 5.00. The quantitative estimate of drug-likeness (QED) is 0.870. The molecule has 0 amide bonds. The van der Waals surface area contributed by atoms with Crippen LogP contribution < -0.4 is 10.2 Å². The Hall–Kier alpha value is -1.90. The third kappa shape index (κ3) is 3.05. The Kier molecular flexibility index (Phi) is 4.26. The summed E-state index contributed by atoms with van der Waals surface area (Å²) in [6.07, 6.45) is 6.18. The molecule has 0 spiro atoms. The molecule has 3 aliphatic heterocycles. The van der Waals surface area contributed by atoms with Gasteiger partial charge < -0.3 is 15.1 Å². The molecule has 1 aromatic carbocycles. The fraction of sp³-hybridized carbons (Fsp3) is 0.545. The van der Waals surface area contributed by atoms with E-state index in [1.54, 1.807) is 0 Å². The second-order valence-electron chi connectivity index (χ2n) is 8.29. The molecule has 3 aliphatic rings. The molecule has 1 N–H and O–H groups in total. The van der Waals surface area contributed by atoms with Crippen LogP contribution in [-0.2, 0) is 0 Å². The van der Waals surface area contributed by atoms with Gasteiger partial charge in [-0.25, -0.2) is 0 Å². The van der Waals surface area contributed by atoms with E-state index in [0.717, 1.165) is 24.5 Å². The zero-order valence-electron chi connectivity index (χ0n) is 15.7. The maximum atomic E-state index is 4.24. The van der Waals surface area contributed by atoms with E-state index < -0.39 is 0 Å². The second kappa shape index (κ2) is 6.44. The maximum absolute atomic E-state index is 4.24. The second-order valence-corrected chi connectivity index (χ2v) is 8.29. The van der Waals surface area contributed by atoms with Crippen molar-refractivity contribution in [2.75, 3.05) is 11.4 Å². The SMILES string of the molecule is C=C1CCN(C2CC3CCC(C2)N3c2cccc(C(C)C)c2)C(=C)N1. The van der Waals surface area contributed by atoms with Crippen LogP contribution in [0.3, 0.4) is 0 Å². The van der Waals surface area contributed by atoms with E-state index in [1.807, 2.05) is 0 Å². The van der Waals surface area contributed by atoms with Crippen molar-refractivity contribution in [1.82, 2.24) is 10.2 Å². The molecule has 134 valence electrons. The largest absolute Gasteiger partial charge is 0.365 e. The molecule has 3 saturated heterocycles. The highest BCUT2D eigenvalue weighted by Crippen LogP contribution is 2.42. The van der Waals surface area contributed by atoms with E-state index in [9.17, 15) is 0 Å². The van der Waals surface area contributed by atoms with Crippen molar-refractivity contribution in [1.29, 1.82) is 0 Å². The van der Waals surface area contributed by atoms with Crippen LogP contribution in [0.5, 0.6) is 0 Å². The molecule has 3 heterocycles. The molecule has 0 aromatic heterocycles. The highest BCUT2D eigenvalue weighted by molar-refractivity contribution is 5.53. The zero-order chi connectivity index (χ0) is 17.6. The first-order chi connectivity index (χ1) is 12.0. The molecule has 3 fully saturated rings. The van der Waals surface area contributed by atoms with Gasteiger partial charge in [0.25, 0.3) is 0 Å². The molecule has 0 aliphatic carbocycles. The average Bonchev–Trinajstić information content (AvgIpc) is 2.85. The molecule has 25 heavy (non-hydrogen) atoms. The summed E-state index contributed by atoms with van der Waals surface area (Å²) < 4.78 is 0. The lowest BCUT2D eigenvalue weighted by Gasteiger charge is -2.47. The Bertz CT molecular complexity index is 664. The van der Waals surface area contributed by atoms with E-state index >= 15 is 0 Å². The number of nitrogens with one attached hydrogen (secondary N) is 1. The van der Waals surface area contributed by atoms with Crippen molar-refractivity contribution in [2.45, 2.75) is 70.0 Å². The summed E-state index contributed by atoms with van der Waals surface area (Å²) in [6, 6.07) is 11.2. The van der Waals surface area contributed by atoms with Gasteiger partial charge in [0, 0.05) is 42.5 Å². The van der Waals surface area contributed by atoms with Gasteiger partial charge in [-0.3, -0.25) is 0 Å². The van der Waals surface area contributed by atoms with Gasteiger partial charge in [0.05, 0.1) is 5.82 Å². The number of piperidine rings is 1. The third-order valence-corrected chi connectivity index (χ3v) is 6.31. The Morgan fingerprint density at radius 2 is 1.80 bits per heavy atom. The number of hydrogen-bond donors (Lipinski definition) is 1. The molecule has 2 atom stereocenters. The van der Waals surface area contributed by atoms with Crippen molar-refractivity contribution in [3.8, 4) is 0 Å². The first kappa shape index (κ1) is 16.6. The van der Waals surface area contributed by atoms with Crippen LogP contribution >= 0.6 is 0 Å². The van der Waals surface area contributed by atoms with Crippen LogP contribution in [0, 0.1) is 0 Å². The van der Waals surface area contributed by atoms with E-state index in [1.165, 1.54) is 36.9 Å². The third-order valence-electron chi connectivity index (χ3n) is 6.31. The van der Waals surface area contributed by atoms with Gasteiger partial charge in [-0.2, -0.15) is 0 Å². The van der Waals surface area contributed by atoms with Gasteiger partial charge in [-0.15, -0.1) is 0 Å². The lowest BCUT2D eigenvalue weighted by molar-refractivity contribution is 0.175. The van der Waals surface area contributed by atoms with Crippen molar-refractivity contribution < 1.29 is 0 Å². The van der Waals surface area contributed by atoms with Crippen LogP contribution in [-0.4, -0.2) is 29.6 Å². The topological polar surface area (TPSA) is 18.5 Å². The van der Waals surface area contributed by atoms with Gasteiger partial charge >= 0.3 is 0 Å². The summed E-state index contributed by atoms with van der Waals surface area (Å²) in [5.41, 5.74) is 3.99. The Morgan fingerprint density at radius 3 is 2.44 bits per heavy atom. The van der Waals surface area contributed by atoms with Gasteiger partial charge in [0.15, 0.2) is 0 Å². The minimum absolute atomic E-state index is 0.589. The lowest BCUT2D eigenvalue weighted by atomic mass is 9.93. The predicted octanol–water partition coefficient (Wildman–Crippen LogP) is 4.59. The first-order valence-electron chi connectivity index (χ1n) is 9.81. The van der Waals surface area contributed by atoms with Gasteiger partial charge in [0.1, 0.15) is 0 Å². The normalized spacial score (nSPS) is 29.3. The van der Waals surface area contributed by atoms with E-state index in [4.69, 9.17) is 0 Å². The van der Waals surface area contributed by atoms with Crippen molar-refractivity contribution in [3.63, 3.8) is 0 Å². The van der Waals surface area contributed by atoms with Crippen LogP contribution in [0.1, 0.15) is 57.4 Å². The average molecular weight is 338 g/mol. The Labute approximate surface area is 152 Å². The van der Waals surface area contributed by atoms with Gasteiger partial charge in [0.2, 0.25) is 0 Å². The molecule has 2 unspecified atom stereocenters. The number of rotatable bonds is 3. The number of hydrogen-bond acceptors (Lipinski definition) is 3. The van der Waals surface area contributed by atoms with Crippen molar-refractivity contribution >= 4 is 5.69 Å². The summed E-state index contributed by atoms with van der Waals surface area (Å²) in [7, 11) is 0. The van der Waals surface area contributed by atoms with E-state index in [-0.39, 0.29) is 0 Å². The summed E-state index contributed by atoms with van der Waals surface area (Å²) >= 11 is 0. The minimum atomic E-state index is 0.589. The fourth-order valence-electron chi connectivity index (χ4n) is 5.00. The number of fused-ring (bicyclic) bond motifs is 2. The van der Waals surface area contributed by atoms with Crippen LogP contribution in [0.2, 0.25) is 0 Å². The lowest BCUT2D eigenvalue weighted by Crippen LogP contribution is -2.53. The molecule has 2 bridgehead atoms. The zero-order valence-corrected chi connectivity index (χ0v) is 15.7. The maximum Gasteiger partial charge on any atom is 0.0983 e. The van der Waals surface area contributed by atoms with E-state index in [0.29, 0.717) is 24.0 Å². The molecule has 0 saturated carbocycles. The van der Waals surface area contributed by atoms with Crippen LogP contribution in [0.15, 0.2) is 48.9 Å². The molecule has 4 rings (SSSR count). The van der Waals surface area contributed by atoms with Crippen molar-refractivity contribution in [3.05, 3.63) is 54.5 Å². The summed E-state index contributed by atoms with van der Waals surface area (Å²) in [5.74, 6) is 1.64. The highest BCUT2D eigenvalue weighted by atomic mass is 15.3. The summed E-state index contributed by atoms with van der Waals surface area (Å²) in [5, 5.41) is 3.36. The first-order valence-corrected chi connectivity index (χ1v) is 9.81.